The summed E-state index contributed by atoms with van der Waals surface area (Å²) in [5, 5.41) is 10.8. The summed E-state index contributed by atoms with van der Waals surface area (Å²) in [5.41, 5.74) is 2.37. The molecule has 26 heavy (non-hydrogen) atoms. The van der Waals surface area contributed by atoms with Crippen molar-refractivity contribution in [2.45, 2.75) is 19.5 Å². The van der Waals surface area contributed by atoms with Crippen LogP contribution in [0.2, 0.25) is 0 Å². The highest BCUT2D eigenvalue weighted by atomic mass is 32.2. The van der Waals surface area contributed by atoms with Gasteiger partial charge in [0.1, 0.15) is 0 Å². The molecule has 1 fully saturated rings. The maximum Gasteiger partial charge on any atom is 0.191 e. The molecule has 0 aliphatic carbocycles. The van der Waals surface area contributed by atoms with E-state index in [9.17, 15) is 8.42 Å². The predicted molar refractivity (Wildman–Crippen MR) is 103 cm³/mol. The highest BCUT2D eigenvalue weighted by Gasteiger charge is 2.27. The van der Waals surface area contributed by atoms with Crippen LogP contribution in [-0.2, 0) is 22.9 Å². The van der Waals surface area contributed by atoms with E-state index in [-0.39, 0.29) is 11.7 Å². The summed E-state index contributed by atoms with van der Waals surface area (Å²) in [7, 11) is -1.13. The molecule has 0 saturated carbocycles. The Morgan fingerprint density at radius 2 is 2.08 bits per heavy atom. The number of rotatable bonds is 6. The second kappa shape index (κ2) is 8.35. The number of nitrogens with one attached hydrogen (secondary N) is 2. The lowest BCUT2D eigenvalue weighted by molar-refractivity contribution is 0.567. The Bertz CT molecular complexity index is 846. The normalized spacial score (nSPS) is 19.4. The third-order valence-corrected chi connectivity index (χ3v) is 6.40. The van der Waals surface area contributed by atoms with Crippen molar-refractivity contribution in [2.75, 3.05) is 25.1 Å². The molecule has 0 amide bonds. The van der Waals surface area contributed by atoms with Gasteiger partial charge < -0.3 is 10.6 Å². The van der Waals surface area contributed by atoms with Gasteiger partial charge in [-0.25, -0.2) is 8.42 Å². The SMILES string of the molecule is CN=C(NCc1ccccc1Cn1cccn1)NCC1CCS(=O)(=O)C1. The quantitative estimate of drug-likeness (QED) is 0.582. The second-order valence-corrected chi connectivity index (χ2v) is 8.78. The average Bonchev–Trinajstić information content (AvgIpc) is 3.25. The summed E-state index contributed by atoms with van der Waals surface area (Å²) in [5.74, 6) is 1.41. The van der Waals surface area contributed by atoms with Crippen LogP contribution in [-0.4, -0.2) is 49.3 Å². The predicted octanol–water partition coefficient (Wildman–Crippen LogP) is 1.03. The first-order valence-corrected chi connectivity index (χ1v) is 10.6. The van der Waals surface area contributed by atoms with Crippen molar-refractivity contribution in [1.29, 1.82) is 0 Å². The van der Waals surface area contributed by atoms with E-state index in [1.165, 1.54) is 11.1 Å². The molecule has 1 unspecified atom stereocenters. The first-order valence-electron chi connectivity index (χ1n) is 8.75. The summed E-state index contributed by atoms with van der Waals surface area (Å²) in [6, 6.07) is 10.1. The van der Waals surface area contributed by atoms with Gasteiger partial charge in [0.2, 0.25) is 0 Å². The highest BCUT2D eigenvalue weighted by Crippen LogP contribution is 2.17. The van der Waals surface area contributed by atoms with Crippen LogP contribution < -0.4 is 10.6 Å². The first-order chi connectivity index (χ1) is 12.6. The zero-order chi connectivity index (χ0) is 18.4. The molecule has 0 spiro atoms. The van der Waals surface area contributed by atoms with Gasteiger partial charge in [-0.3, -0.25) is 9.67 Å². The summed E-state index contributed by atoms with van der Waals surface area (Å²) in [6.45, 7) is 1.98. The molecule has 2 heterocycles. The largest absolute Gasteiger partial charge is 0.356 e. The molecule has 7 nitrogen and oxygen atoms in total. The minimum absolute atomic E-state index is 0.158. The Morgan fingerprint density at radius 3 is 2.73 bits per heavy atom. The Balaban J connectivity index is 1.54. The van der Waals surface area contributed by atoms with Crippen LogP contribution >= 0.6 is 0 Å². The summed E-state index contributed by atoms with van der Waals surface area (Å²) in [6.07, 6.45) is 4.44. The van der Waals surface area contributed by atoms with Gasteiger partial charge in [-0.05, 0) is 29.5 Å². The van der Waals surface area contributed by atoms with Gasteiger partial charge >= 0.3 is 0 Å². The molecular formula is C18H25N5O2S. The fraction of sp³-hybridized carbons (Fsp3) is 0.444. The zero-order valence-corrected chi connectivity index (χ0v) is 15.7. The number of guanidine groups is 1. The average molecular weight is 375 g/mol. The molecule has 1 atom stereocenters. The minimum Gasteiger partial charge on any atom is -0.356 e. The second-order valence-electron chi connectivity index (χ2n) is 6.55. The van der Waals surface area contributed by atoms with E-state index in [2.05, 4.69) is 32.9 Å². The van der Waals surface area contributed by atoms with Crippen LogP contribution in [0, 0.1) is 5.92 Å². The topological polar surface area (TPSA) is 88.4 Å². The Labute approximate surface area is 154 Å². The highest BCUT2D eigenvalue weighted by molar-refractivity contribution is 7.91. The van der Waals surface area contributed by atoms with Gasteiger partial charge in [0.05, 0.1) is 18.1 Å². The molecule has 1 aromatic carbocycles. The van der Waals surface area contributed by atoms with Crippen LogP contribution in [0.25, 0.3) is 0 Å². The third-order valence-electron chi connectivity index (χ3n) is 4.56. The van der Waals surface area contributed by atoms with Crippen molar-refractivity contribution < 1.29 is 8.42 Å². The smallest absolute Gasteiger partial charge is 0.191 e. The molecule has 2 aromatic rings. The van der Waals surface area contributed by atoms with E-state index in [0.717, 1.165) is 13.0 Å². The van der Waals surface area contributed by atoms with Crippen LogP contribution in [0.5, 0.6) is 0 Å². The molecule has 140 valence electrons. The van der Waals surface area contributed by atoms with Crippen molar-refractivity contribution in [3.63, 3.8) is 0 Å². The van der Waals surface area contributed by atoms with E-state index in [1.54, 1.807) is 13.2 Å². The summed E-state index contributed by atoms with van der Waals surface area (Å²) >= 11 is 0. The number of sulfone groups is 1. The molecule has 0 radical (unpaired) electrons. The van der Waals surface area contributed by atoms with Crippen LogP contribution in [0.1, 0.15) is 17.5 Å². The molecule has 1 aliphatic heterocycles. The number of nitrogens with zero attached hydrogens (tertiary/aromatic N) is 3. The number of hydrogen-bond acceptors (Lipinski definition) is 4. The molecule has 1 aliphatic rings. The van der Waals surface area contributed by atoms with Gasteiger partial charge in [0, 0.05) is 32.5 Å². The van der Waals surface area contributed by atoms with Crippen LogP contribution in [0.3, 0.4) is 0 Å². The fourth-order valence-corrected chi connectivity index (χ4v) is 4.99. The van der Waals surface area contributed by atoms with E-state index < -0.39 is 9.84 Å². The van der Waals surface area contributed by atoms with Crippen molar-refractivity contribution in [2.24, 2.45) is 10.9 Å². The van der Waals surface area contributed by atoms with Gasteiger partial charge in [0.15, 0.2) is 15.8 Å². The van der Waals surface area contributed by atoms with E-state index in [1.807, 2.05) is 29.1 Å². The van der Waals surface area contributed by atoms with Gasteiger partial charge in [-0.15, -0.1) is 0 Å². The number of aliphatic imine (C=N–C) groups is 1. The molecule has 1 saturated heterocycles. The van der Waals surface area contributed by atoms with Gasteiger partial charge in [-0.1, -0.05) is 24.3 Å². The van der Waals surface area contributed by atoms with Gasteiger partial charge in [-0.2, -0.15) is 5.10 Å². The standard InChI is InChI=1S/C18H25N5O2S/c1-19-18(20-11-15-7-10-26(24,25)14-15)21-12-16-5-2-3-6-17(16)13-23-9-4-8-22-23/h2-6,8-9,15H,7,10-14H2,1H3,(H2,19,20,21). The lowest BCUT2D eigenvalue weighted by Crippen LogP contribution is -2.39. The molecule has 3 rings (SSSR count). The van der Waals surface area contributed by atoms with Gasteiger partial charge in [0.25, 0.3) is 0 Å². The molecule has 0 bridgehead atoms. The Morgan fingerprint density at radius 1 is 1.27 bits per heavy atom. The fourth-order valence-electron chi connectivity index (χ4n) is 3.13. The number of hydrogen-bond donors (Lipinski definition) is 2. The number of benzene rings is 1. The first kappa shape index (κ1) is 18.4. The van der Waals surface area contributed by atoms with Crippen LogP contribution in [0.15, 0.2) is 47.7 Å². The summed E-state index contributed by atoms with van der Waals surface area (Å²) < 4.78 is 25.0. The third kappa shape index (κ3) is 5.08. The van der Waals surface area contributed by atoms with Crippen molar-refractivity contribution in [3.8, 4) is 0 Å². The van der Waals surface area contributed by atoms with E-state index in [4.69, 9.17) is 0 Å². The monoisotopic (exact) mass is 375 g/mol. The number of aromatic nitrogens is 2. The Hall–Kier alpha value is -2.35. The molecule has 1 aromatic heterocycles. The molecular weight excluding hydrogens is 350 g/mol. The summed E-state index contributed by atoms with van der Waals surface area (Å²) in [4.78, 5) is 4.23. The van der Waals surface area contributed by atoms with Crippen molar-refractivity contribution >= 4 is 15.8 Å². The van der Waals surface area contributed by atoms with Crippen LogP contribution in [0.4, 0.5) is 0 Å². The Kier molecular flexibility index (Phi) is 5.92. The zero-order valence-electron chi connectivity index (χ0n) is 14.9. The maximum atomic E-state index is 11.6. The lowest BCUT2D eigenvalue weighted by atomic mass is 10.1. The van der Waals surface area contributed by atoms with Crippen molar-refractivity contribution in [1.82, 2.24) is 20.4 Å². The molecule has 8 heteroatoms. The van der Waals surface area contributed by atoms with Crippen molar-refractivity contribution in [3.05, 3.63) is 53.9 Å². The van der Waals surface area contributed by atoms with E-state index >= 15 is 0 Å². The molecule has 2 N–H and O–H groups in total. The minimum atomic E-state index is -2.84. The maximum absolute atomic E-state index is 11.6. The van der Waals surface area contributed by atoms with E-state index in [0.29, 0.717) is 24.8 Å². The lowest BCUT2D eigenvalue weighted by Gasteiger charge is -2.16.